The van der Waals surface area contributed by atoms with Crippen LogP contribution in [0.2, 0.25) is 5.02 Å². The lowest BCUT2D eigenvalue weighted by molar-refractivity contribution is 0.156. The SMILES string of the molecule is Cl.NCC1(c2cccc(Cl)c2)CCC(N2CCN(c3ccc(S(N)(=O)=O)cc3)C2=O)CC1. The number of carbonyl (C=O) groups excluding carboxylic acids is 1. The van der Waals surface area contributed by atoms with Gasteiger partial charge in [-0.1, -0.05) is 23.7 Å². The summed E-state index contributed by atoms with van der Waals surface area (Å²) in [5, 5.41) is 5.87. The van der Waals surface area contributed by atoms with Crippen LogP contribution in [0.4, 0.5) is 10.5 Å². The summed E-state index contributed by atoms with van der Waals surface area (Å²) in [4.78, 5) is 16.8. The van der Waals surface area contributed by atoms with E-state index in [4.69, 9.17) is 22.5 Å². The minimum atomic E-state index is -3.76. The van der Waals surface area contributed by atoms with Crippen LogP contribution < -0.4 is 15.8 Å². The Hall–Kier alpha value is -1.84. The Morgan fingerprint density at radius 1 is 1.06 bits per heavy atom. The zero-order chi connectivity index (χ0) is 22.2. The molecule has 1 aliphatic heterocycles. The summed E-state index contributed by atoms with van der Waals surface area (Å²) in [5.74, 6) is 0. The third-order valence-electron chi connectivity index (χ3n) is 6.70. The van der Waals surface area contributed by atoms with Crippen molar-refractivity contribution in [1.29, 1.82) is 0 Å². The highest BCUT2D eigenvalue weighted by atomic mass is 35.5. The van der Waals surface area contributed by atoms with Crippen molar-refractivity contribution >= 4 is 45.7 Å². The van der Waals surface area contributed by atoms with Gasteiger partial charge >= 0.3 is 6.03 Å². The van der Waals surface area contributed by atoms with E-state index in [-0.39, 0.29) is 34.8 Å². The lowest BCUT2D eigenvalue weighted by Gasteiger charge is -2.42. The van der Waals surface area contributed by atoms with E-state index in [1.165, 1.54) is 17.7 Å². The topological polar surface area (TPSA) is 110 Å². The molecule has 2 aromatic carbocycles. The number of halogens is 2. The van der Waals surface area contributed by atoms with Crippen molar-refractivity contribution in [3.63, 3.8) is 0 Å². The number of hydrogen-bond donors (Lipinski definition) is 2. The number of rotatable bonds is 5. The second-order valence-electron chi connectivity index (χ2n) is 8.39. The van der Waals surface area contributed by atoms with E-state index in [2.05, 4.69) is 6.07 Å². The summed E-state index contributed by atoms with van der Waals surface area (Å²) in [6.45, 7) is 1.77. The first kappa shape index (κ1) is 24.8. The molecule has 0 unspecified atom stereocenters. The van der Waals surface area contributed by atoms with Crippen molar-refractivity contribution in [2.45, 2.75) is 42.0 Å². The minimum Gasteiger partial charge on any atom is -0.330 e. The van der Waals surface area contributed by atoms with Crippen LogP contribution in [-0.4, -0.2) is 45.0 Å². The van der Waals surface area contributed by atoms with E-state index < -0.39 is 10.0 Å². The molecule has 0 atom stereocenters. The number of urea groups is 1. The van der Waals surface area contributed by atoms with Crippen LogP contribution in [0.25, 0.3) is 0 Å². The maximum absolute atomic E-state index is 13.1. The first-order valence-corrected chi connectivity index (χ1v) is 12.3. The Bertz CT molecular complexity index is 1070. The van der Waals surface area contributed by atoms with E-state index in [1.54, 1.807) is 17.0 Å². The number of anilines is 1. The number of amides is 2. The number of hydrogen-bond acceptors (Lipinski definition) is 4. The molecule has 0 aromatic heterocycles. The summed E-state index contributed by atoms with van der Waals surface area (Å²) < 4.78 is 22.9. The van der Waals surface area contributed by atoms with Gasteiger partial charge in [0, 0.05) is 41.8 Å². The fourth-order valence-corrected chi connectivity index (χ4v) is 5.55. The van der Waals surface area contributed by atoms with Crippen molar-refractivity contribution in [3.8, 4) is 0 Å². The van der Waals surface area contributed by atoms with Gasteiger partial charge in [0.15, 0.2) is 0 Å². The van der Waals surface area contributed by atoms with E-state index in [0.717, 1.165) is 25.7 Å². The number of carbonyl (C=O) groups is 1. The first-order chi connectivity index (χ1) is 14.7. The first-order valence-electron chi connectivity index (χ1n) is 10.4. The molecule has 2 amide bonds. The van der Waals surface area contributed by atoms with E-state index >= 15 is 0 Å². The van der Waals surface area contributed by atoms with Crippen LogP contribution in [0.3, 0.4) is 0 Å². The molecule has 10 heteroatoms. The van der Waals surface area contributed by atoms with Crippen LogP contribution >= 0.6 is 24.0 Å². The monoisotopic (exact) mass is 498 g/mol. The van der Waals surface area contributed by atoms with E-state index in [0.29, 0.717) is 30.3 Å². The summed E-state index contributed by atoms with van der Waals surface area (Å²) >= 11 is 6.20. The zero-order valence-electron chi connectivity index (χ0n) is 17.6. The largest absolute Gasteiger partial charge is 0.330 e. The van der Waals surface area contributed by atoms with Gasteiger partial charge in [-0.2, -0.15) is 0 Å². The molecule has 2 aliphatic rings. The molecule has 4 rings (SSSR count). The van der Waals surface area contributed by atoms with Crippen LogP contribution in [-0.2, 0) is 15.4 Å². The van der Waals surface area contributed by atoms with Gasteiger partial charge in [-0.3, -0.25) is 4.90 Å². The fraction of sp³-hybridized carbons (Fsp3) is 0.409. The van der Waals surface area contributed by atoms with Gasteiger partial charge < -0.3 is 10.6 Å². The molecular weight excluding hydrogens is 471 g/mol. The van der Waals surface area contributed by atoms with Gasteiger partial charge in [-0.25, -0.2) is 18.4 Å². The minimum absolute atomic E-state index is 0. The average molecular weight is 499 g/mol. The van der Waals surface area contributed by atoms with Gasteiger partial charge in [0.2, 0.25) is 10.0 Å². The number of nitrogens with zero attached hydrogens (tertiary/aromatic N) is 2. The Balaban J connectivity index is 0.00000289. The van der Waals surface area contributed by atoms with Crippen LogP contribution in [0.1, 0.15) is 31.2 Å². The molecule has 4 N–H and O–H groups in total. The number of benzene rings is 2. The Morgan fingerprint density at radius 2 is 1.72 bits per heavy atom. The molecule has 1 aliphatic carbocycles. The van der Waals surface area contributed by atoms with Crippen LogP contribution in [0, 0.1) is 0 Å². The van der Waals surface area contributed by atoms with Crippen molar-refractivity contribution < 1.29 is 13.2 Å². The van der Waals surface area contributed by atoms with Gasteiger partial charge in [0.25, 0.3) is 0 Å². The predicted molar refractivity (Wildman–Crippen MR) is 129 cm³/mol. The summed E-state index contributed by atoms with van der Waals surface area (Å²) in [6.07, 6.45) is 3.57. The van der Waals surface area contributed by atoms with Gasteiger partial charge in [-0.15, -0.1) is 12.4 Å². The van der Waals surface area contributed by atoms with E-state index in [9.17, 15) is 13.2 Å². The second kappa shape index (κ2) is 9.57. The second-order valence-corrected chi connectivity index (χ2v) is 10.4. The lowest BCUT2D eigenvalue weighted by atomic mass is 9.68. The number of sulfonamides is 1. The van der Waals surface area contributed by atoms with Crippen molar-refractivity contribution in [2.24, 2.45) is 10.9 Å². The predicted octanol–water partition coefficient (Wildman–Crippen LogP) is 3.49. The van der Waals surface area contributed by atoms with Crippen molar-refractivity contribution in [3.05, 3.63) is 59.1 Å². The highest BCUT2D eigenvalue weighted by Gasteiger charge is 2.41. The number of primary sulfonamides is 1. The molecule has 2 fully saturated rings. The molecule has 0 spiro atoms. The third kappa shape index (κ3) is 4.75. The Morgan fingerprint density at radius 3 is 2.28 bits per heavy atom. The Kier molecular flexibility index (Phi) is 7.41. The maximum Gasteiger partial charge on any atom is 0.324 e. The molecule has 0 bridgehead atoms. The van der Waals surface area contributed by atoms with E-state index in [1.807, 2.05) is 23.1 Å². The molecular formula is C22H28Cl2N4O3S. The van der Waals surface area contributed by atoms with Crippen LogP contribution in [0.5, 0.6) is 0 Å². The highest BCUT2D eigenvalue weighted by Crippen LogP contribution is 2.41. The maximum atomic E-state index is 13.1. The smallest absolute Gasteiger partial charge is 0.324 e. The van der Waals surface area contributed by atoms with Gasteiger partial charge in [0.1, 0.15) is 0 Å². The van der Waals surface area contributed by atoms with Crippen molar-refractivity contribution in [2.75, 3.05) is 24.5 Å². The number of nitrogens with two attached hydrogens (primary N) is 2. The third-order valence-corrected chi connectivity index (χ3v) is 7.86. The molecule has 32 heavy (non-hydrogen) atoms. The molecule has 1 heterocycles. The lowest BCUT2D eigenvalue weighted by Crippen LogP contribution is -2.46. The summed E-state index contributed by atoms with van der Waals surface area (Å²) in [6, 6.07) is 14.2. The molecule has 7 nitrogen and oxygen atoms in total. The fourth-order valence-electron chi connectivity index (χ4n) is 4.84. The summed E-state index contributed by atoms with van der Waals surface area (Å²) in [7, 11) is -3.76. The normalized spacial score (nSPS) is 23.8. The zero-order valence-corrected chi connectivity index (χ0v) is 20.0. The quantitative estimate of drug-likeness (QED) is 0.656. The molecule has 2 aromatic rings. The van der Waals surface area contributed by atoms with Gasteiger partial charge in [0.05, 0.1) is 4.90 Å². The molecule has 1 saturated heterocycles. The summed E-state index contributed by atoms with van der Waals surface area (Å²) in [5.41, 5.74) is 7.94. The molecule has 174 valence electrons. The molecule has 0 radical (unpaired) electrons. The highest BCUT2D eigenvalue weighted by molar-refractivity contribution is 7.89. The molecule has 1 saturated carbocycles. The van der Waals surface area contributed by atoms with Crippen LogP contribution in [0.15, 0.2) is 53.4 Å². The average Bonchev–Trinajstić information content (AvgIpc) is 3.14. The standard InChI is InChI=1S/C22H27ClN4O3S.ClH/c23-17-3-1-2-16(14-17)22(15-24)10-8-19(9-11-22)27-13-12-26(21(27)28)18-4-6-20(7-5-18)31(25,29)30;/h1-7,14,19H,8-13,15,24H2,(H2,25,29,30);1H. The van der Waals surface area contributed by atoms with Crippen molar-refractivity contribution in [1.82, 2.24) is 4.90 Å². The van der Waals surface area contributed by atoms with Gasteiger partial charge in [-0.05, 0) is 67.6 Å². The Labute approximate surface area is 200 Å².